The molecule has 0 radical (unpaired) electrons. The van der Waals surface area contributed by atoms with Crippen molar-refractivity contribution in [3.8, 4) is 0 Å². The first-order valence-electron chi connectivity index (χ1n) is 5.07. The highest BCUT2D eigenvalue weighted by molar-refractivity contribution is 5.81. The van der Waals surface area contributed by atoms with Crippen molar-refractivity contribution in [1.29, 1.82) is 0 Å². The Bertz CT molecular complexity index is 221. The van der Waals surface area contributed by atoms with Crippen LogP contribution in [0, 0.1) is 5.41 Å². The van der Waals surface area contributed by atoms with Crippen LogP contribution in [0.25, 0.3) is 0 Å². The van der Waals surface area contributed by atoms with Gasteiger partial charge in [0.05, 0.1) is 6.54 Å². The molecular formula is C10H21N3O2. The quantitative estimate of drug-likeness (QED) is 0.541. The van der Waals surface area contributed by atoms with Gasteiger partial charge in [0.2, 0.25) is 11.8 Å². The van der Waals surface area contributed by atoms with Crippen LogP contribution in [0.15, 0.2) is 0 Å². The lowest BCUT2D eigenvalue weighted by Gasteiger charge is -2.17. The molecule has 0 atom stereocenters. The molecule has 5 nitrogen and oxygen atoms in total. The first-order valence-corrected chi connectivity index (χ1v) is 5.07. The number of carbonyl (C=O) groups is 2. The van der Waals surface area contributed by atoms with Crippen LogP contribution in [0.4, 0.5) is 0 Å². The summed E-state index contributed by atoms with van der Waals surface area (Å²) in [6, 6.07) is 0. The first-order chi connectivity index (χ1) is 6.88. The van der Waals surface area contributed by atoms with Crippen molar-refractivity contribution in [1.82, 2.24) is 16.0 Å². The summed E-state index contributed by atoms with van der Waals surface area (Å²) in [6.45, 7) is 6.77. The van der Waals surface area contributed by atoms with E-state index in [0.29, 0.717) is 19.6 Å². The summed E-state index contributed by atoms with van der Waals surface area (Å²) < 4.78 is 0. The molecule has 0 saturated carbocycles. The van der Waals surface area contributed by atoms with Crippen molar-refractivity contribution in [3.05, 3.63) is 0 Å². The Balaban J connectivity index is 3.55. The smallest absolute Gasteiger partial charge is 0.234 e. The molecule has 0 aliphatic carbocycles. The third kappa shape index (κ3) is 6.90. The van der Waals surface area contributed by atoms with Crippen LogP contribution >= 0.6 is 0 Å². The molecular weight excluding hydrogens is 194 g/mol. The standard InChI is InChI=1S/C10H21N3O2/c1-10(2,3)9(15)13-6-5-12-8(14)7-11-4/h11H,5-7H2,1-4H3,(H,12,14)(H,13,15). The minimum absolute atomic E-state index is 0.00892. The molecule has 3 N–H and O–H groups in total. The van der Waals surface area contributed by atoms with Crippen LogP contribution < -0.4 is 16.0 Å². The Kier molecular flexibility index (Phi) is 5.93. The van der Waals surface area contributed by atoms with E-state index in [-0.39, 0.29) is 17.2 Å². The minimum atomic E-state index is -0.380. The molecule has 0 aliphatic rings. The number of carbonyl (C=O) groups excluding carboxylic acids is 2. The number of likely N-dealkylation sites (N-methyl/N-ethyl adjacent to an activating group) is 1. The number of hydrogen-bond acceptors (Lipinski definition) is 3. The molecule has 0 bridgehead atoms. The van der Waals surface area contributed by atoms with Crippen LogP contribution in [0.2, 0.25) is 0 Å². The molecule has 88 valence electrons. The molecule has 0 heterocycles. The van der Waals surface area contributed by atoms with Gasteiger partial charge in [0.15, 0.2) is 0 Å². The summed E-state index contributed by atoms with van der Waals surface area (Å²) in [5.74, 6) is -0.0760. The zero-order valence-electron chi connectivity index (χ0n) is 9.94. The van der Waals surface area contributed by atoms with Crippen molar-refractivity contribution in [2.75, 3.05) is 26.7 Å². The Morgan fingerprint density at radius 2 is 1.60 bits per heavy atom. The molecule has 0 aliphatic heterocycles. The highest BCUT2D eigenvalue weighted by Gasteiger charge is 2.20. The fraction of sp³-hybridized carbons (Fsp3) is 0.800. The summed E-state index contributed by atoms with van der Waals surface area (Å²) in [4.78, 5) is 22.4. The summed E-state index contributed by atoms with van der Waals surface area (Å²) in [5.41, 5.74) is -0.380. The van der Waals surface area contributed by atoms with Crippen molar-refractivity contribution >= 4 is 11.8 Å². The lowest BCUT2D eigenvalue weighted by molar-refractivity contribution is -0.128. The first kappa shape index (κ1) is 13.9. The number of nitrogens with one attached hydrogen (secondary N) is 3. The predicted octanol–water partition coefficient (Wildman–Crippen LogP) is -0.516. The SMILES string of the molecule is CNCC(=O)NCCNC(=O)C(C)(C)C. The molecule has 0 saturated heterocycles. The molecule has 15 heavy (non-hydrogen) atoms. The molecule has 0 fully saturated rings. The molecule has 0 aromatic heterocycles. The Morgan fingerprint density at radius 3 is 2.07 bits per heavy atom. The average molecular weight is 215 g/mol. The van der Waals surface area contributed by atoms with Gasteiger partial charge in [0.25, 0.3) is 0 Å². The van der Waals surface area contributed by atoms with Gasteiger partial charge in [-0.15, -0.1) is 0 Å². The molecule has 0 unspecified atom stereocenters. The molecule has 0 rings (SSSR count). The third-order valence-electron chi connectivity index (χ3n) is 1.75. The summed E-state index contributed by atoms with van der Waals surface area (Å²) in [5, 5.41) is 8.16. The van der Waals surface area contributed by atoms with Crippen molar-refractivity contribution < 1.29 is 9.59 Å². The largest absolute Gasteiger partial charge is 0.354 e. The topological polar surface area (TPSA) is 70.2 Å². The highest BCUT2D eigenvalue weighted by Crippen LogP contribution is 2.11. The van der Waals surface area contributed by atoms with Gasteiger partial charge >= 0.3 is 0 Å². The monoisotopic (exact) mass is 215 g/mol. The van der Waals surface area contributed by atoms with Crippen LogP contribution in [0.5, 0.6) is 0 Å². The molecule has 0 aromatic carbocycles. The second kappa shape index (κ2) is 6.40. The van der Waals surface area contributed by atoms with Gasteiger partial charge in [-0.05, 0) is 7.05 Å². The lowest BCUT2D eigenvalue weighted by Crippen LogP contribution is -2.41. The number of hydrogen-bond donors (Lipinski definition) is 3. The molecule has 0 aromatic rings. The normalized spacial score (nSPS) is 10.9. The van der Waals surface area contributed by atoms with E-state index in [1.807, 2.05) is 20.8 Å². The van der Waals surface area contributed by atoms with Crippen molar-refractivity contribution in [3.63, 3.8) is 0 Å². The maximum atomic E-state index is 11.4. The van der Waals surface area contributed by atoms with E-state index < -0.39 is 0 Å². The van der Waals surface area contributed by atoms with Gasteiger partial charge < -0.3 is 16.0 Å². The maximum absolute atomic E-state index is 11.4. The zero-order chi connectivity index (χ0) is 11.9. The Hall–Kier alpha value is -1.10. The van der Waals surface area contributed by atoms with Gasteiger partial charge in [0, 0.05) is 18.5 Å². The van der Waals surface area contributed by atoms with Crippen molar-refractivity contribution in [2.24, 2.45) is 5.41 Å². The van der Waals surface area contributed by atoms with E-state index in [9.17, 15) is 9.59 Å². The second-order valence-electron chi connectivity index (χ2n) is 4.39. The fourth-order valence-electron chi connectivity index (χ4n) is 0.866. The number of amides is 2. The lowest BCUT2D eigenvalue weighted by atomic mass is 9.96. The average Bonchev–Trinajstić information content (AvgIpc) is 2.11. The van der Waals surface area contributed by atoms with E-state index in [2.05, 4.69) is 16.0 Å². The number of rotatable bonds is 5. The molecule has 5 heteroatoms. The van der Waals surface area contributed by atoms with Gasteiger partial charge in [0.1, 0.15) is 0 Å². The summed E-state index contributed by atoms with van der Waals surface area (Å²) >= 11 is 0. The van der Waals surface area contributed by atoms with Gasteiger partial charge in [-0.25, -0.2) is 0 Å². The van der Waals surface area contributed by atoms with Gasteiger partial charge in [-0.2, -0.15) is 0 Å². The van der Waals surface area contributed by atoms with E-state index in [1.165, 1.54) is 0 Å². The van der Waals surface area contributed by atoms with Crippen LogP contribution in [-0.2, 0) is 9.59 Å². The fourth-order valence-corrected chi connectivity index (χ4v) is 0.866. The molecule has 0 spiro atoms. The maximum Gasteiger partial charge on any atom is 0.234 e. The minimum Gasteiger partial charge on any atom is -0.354 e. The van der Waals surface area contributed by atoms with Crippen LogP contribution in [-0.4, -0.2) is 38.5 Å². The van der Waals surface area contributed by atoms with E-state index in [1.54, 1.807) is 7.05 Å². The Morgan fingerprint density at radius 1 is 1.07 bits per heavy atom. The predicted molar refractivity (Wildman–Crippen MR) is 59.4 cm³/mol. The second-order valence-corrected chi connectivity index (χ2v) is 4.39. The van der Waals surface area contributed by atoms with E-state index in [4.69, 9.17) is 0 Å². The van der Waals surface area contributed by atoms with E-state index in [0.717, 1.165) is 0 Å². The summed E-state index contributed by atoms with van der Waals surface area (Å²) in [6.07, 6.45) is 0. The van der Waals surface area contributed by atoms with Crippen LogP contribution in [0.1, 0.15) is 20.8 Å². The van der Waals surface area contributed by atoms with Gasteiger partial charge in [-0.1, -0.05) is 20.8 Å². The third-order valence-corrected chi connectivity index (χ3v) is 1.75. The Labute approximate surface area is 91.0 Å². The van der Waals surface area contributed by atoms with E-state index >= 15 is 0 Å². The molecule has 2 amide bonds. The van der Waals surface area contributed by atoms with Gasteiger partial charge in [-0.3, -0.25) is 9.59 Å². The van der Waals surface area contributed by atoms with Crippen molar-refractivity contribution in [2.45, 2.75) is 20.8 Å². The summed E-state index contributed by atoms with van der Waals surface area (Å²) in [7, 11) is 1.71. The zero-order valence-corrected chi connectivity index (χ0v) is 9.94. The highest BCUT2D eigenvalue weighted by atomic mass is 16.2. The van der Waals surface area contributed by atoms with Crippen LogP contribution in [0.3, 0.4) is 0 Å².